The molecule has 0 spiro atoms. The molecule has 4 unspecified atom stereocenters. The molecule has 4 aromatic carbocycles. The Morgan fingerprint density at radius 3 is 2.06 bits per heavy atom. The molecule has 3 aliphatic heterocycles. The van der Waals surface area contributed by atoms with Gasteiger partial charge in [-0.2, -0.15) is 0 Å². The van der Waals surface area contributed by atoms with Gasteiger partial charge in [-0.1, -0.05) is 60.1 Å². The van der Waals surface area contributed by atoms with Crippen LogP contribution in [0, 0.1) is 0 Å². The van der Waals surface area contributed by atoms with Crippen molar-refractivity contribution in [2.45, 2.75) is 49.9 Å². The molecular formula is C42H46ClNO9. The Bertz CT molecular complexity index is 1850. The lowest BCUT2D eigenvalue weighted by atomic mass is 9.88. The van der Waals surface area contributed by atoms with Gasteiger partial charge in [0.1, 0.15) is 34.7 Å². The van der Waals surface area contributed by atoms with E-state index >= 15 is 0 Å². The minimum absolute atomic E-state index is 0.00163. The number of ether oxygens (including phenoxy) is 5. The van der Waals surface area contributed by atoms with E-state index in [2.05, 4.69) is 61.3 Å². The van der Waals surface area contributed by atoms with Crippen LogP contribution in [-0.2, 0) is 19.9 Å². The number of benzene rings is 4. The van der Waals surface area contributed by atoms with Crippen molar-refractivity contribution < 1.29 is 43.5 Å². The first kappa shape index (κ1) is 39.2. The van der Waals surface area contributed by atoms with Crippen LogP contribution in [0.4, 0.5) is 0 Å². The van der Waals surface area contributed by atoms with Gasteiger partial charge in [-0.25, -0.2) is 9.59 Å². The minimum atomic E-state index is -1.26. The highest BCUT2D eigenvalue weighted by molar-refractivity contribution is 6.30. The number of nitrogens with zero attached hydrogens (tertiary/aromatic N) is 1. The molecule has 1 fully saturated rings. The summed E-state index contributed by atoms with van der Waals surface area (Å²) in [4.78, 5) is 21.6. The first-order chi connectivity index (χ1) is 25.5. The van der Waals surface area contributed by atoms with Gasteiger partial charge in [0.15, 0.2) is 0 Å². The molecule has 0 radical (unpaired) electrons. The number of carbonyl (C=O) groups is 2. The summed E-state index contributed by atoms with van der Waals surface area (Å²) >= 11 is 6.07. The molecule has 1 saturated heterocycles. The van der Waals surface area contributed by atoms with Crippen LogP contribution in [0.1, 0.15) is 60.5 Å². The van der Waals surface area contributed by atoms with Crippen molar-refractivity contribution in [3.05, 3.63) is 130 Å². The molecule has 0 saturated carbocycles. The molecule has 0 amide bonds. The summed E-state index contributed by atoms with van der Waals surface area (Å²) < 4.78 is 29.0. The third-order valence-corrected chi connectivity index (χ3v) is 10.0. The zero-order valence-corrected chi connectivity index (χ0v) is 31.1. The normalized spacial score (nSPS) is 19.4. The number of halogens is 1. The van der Waals surface area contributed by atoms with E-state index in [-0.39, 0.29) is 12.0 Å². The van der Waals surface area contributed by atoms with Crippen LogP contribution in [-0.4, -0.2) is 74.1 Å². The average Bonchev–Trinajstić information content (AvgIpc) is 3.76. The van der Waals surface area contributed by atoms with E-state index in [1.165, 1.54) is 30.5 Å². The molecule has 53 heavy (non-hydrogen) atoms. The number of rotatable bonds is 10. The van der Waals surface area contributed by atoms with Gasteiger partial charge in [0.05, 0.1) is 26.7 Å². The van der Waals surface area contributed by atoms with Crippen molar-refractivity contribution in [1.29, 1.82) is 0 Å². The molecule has 0 aromatic heterocycles. The molecular weight excluding hydrogens is 698 g/mol. The highest BCUT2D eigenvalue weighted by Crippen LogP contribution is 2.52. The molecule has 11 heteroatoms. The van der Waals surface area contributed by atoms with Crippen molar-refractivity contribution in [3.63, 3.8) is 0 Å². The van der Waals surface area contributed by atoms with Gasteiger partial charge in [0.2, 0.25) is 0 Å². The number of aliphatic carboxylic acids is 2. The van der Waals surface area contributed by atoms with E-state index in [9.17, 15) is 9.59 Å². The smallest absolute Gasteiger partial charge is 0.328 e. The van der Waals surface area contributed by atoms with Crippen molar-refractivity contribution in [1.82, 2.24) is 4.90 Å². The van der Waals surface area contributed by atoms with E-state index in [0.29, 0.717) is 24.8 Å². The van der Waals surface area contributed by atoms with Gasteiger partial charge >= 0.3 is 11.9 Å². The number of carboxylic acids is 2. The van der Waals surface area contributed by atoms with Crippen molar-refractivity contribution in [3.8, 4) is 23.0 Å². The molecule has 3 heterocycles. The summed E-state index contributed by atoms with van der Waals surface area (Å²) in [5.41, 5.74) is 4.11. The lowest BCUT2D eigenvalue weighted by Crippen LogP contribution is -2.31. The molecule has 4 atom stereocenters. The fourth-order valence-corrected chi connectivity index (χ4v) is 6.94. The van der Waals surface area contributed by atoms with Crippen molar-refractivity contribution in [2.24, 2.45) is 0 Å². The average molecular weight is 744 g/mol. The highest BCUT2D eigenvalue weighted by Gasteiger charge is 2.41. The minimum Gasteiger partial charge on any atom is -0.497 e. The molecule has 0 bridgehead atoms. The second kappa shape index (κ2) is 18.1. The van der Waals surface area contributed by atoms with Crippen LogP contribution in [0.3, 0.4) is 0 Å². The molecule has 3 aliphatic rings. The summed E-state index contributed by atoms with van der Waals surface area (Å²) in [6.45, 7) is 4.73. The zero-order chi connectivity index (χ0) is 38.0. The first-order valence-electron chi connectivity index (χ1n) is 17.5. The number of hydrogen-bond acceptors (Lipinski definition) is 8. The van der Waals surface area contributed by atoms with Crippen LogP contribution in [0.5, 0.6) is 23.0 Å². The molecule has 7 rings (SSSR count). The van der Waals surface area contributed by atoms with E-state index in [4.69, 9.17) is 45.5 Å². The third kappa shape index (κ3) is 9.90. The largest absolute Gasteiger partial charge is 0.497 e. The quantitative estimate of drug-likeness (QED) is 0.154. The number of carboxylic acid groups (broad SMARTS) is 2. The summed E-state index contributed by atoms with van der Waals surface area (Å²) in [7, 11) is 5.53. The zero-order valence-electron chi connectivity index (χ0n) is 30.4. The van der Waals surface area contributed by atoms with Gasteiger partial charge in [0.25, 0.3) is 0 Å². The van der Waals surface area contributed by atoms with Crippen molar-refractivity contribution >= 4 is 23.5 Å². The second-order valence-corrected chi connectivity index (χ2v) is 13.5. The van der Waals surface area contributed by atoms with Crippen LogP contribution in [0.2, 0.25) is 5.02 Å². The summed E-state index contributed by atoms with van der Waals surface area (Å²) in [6, 6.07) is 31.0. The lowest BCUT2D eigenvalue weighted by molar-refractivity contribution is -0.134. The first-order valence-corrected chi connectivity index (χ1v) is 17.8. The van der Waals surface area contributed by atoms with Gasteiger partial charge in [-0.05, 0) is 81.2 Å². The molecule has 2 N–H and O–H groups in total. The maximum atomic E-state index is 9.55. The molecule has 4 aromatic rings. The number of likely N-dealkylation sites (tertiary alicyclic amines) is 1. The maximum absolute atomic E-state index is 9.55. The predicted octanol–water partition coefficient (Wildman–Crippen LogP) is 8.13. The van der Waals surface area contributed by atoms with E-state index in [1.807, 2.05) is 48.5 Å². The monoisotopic (exact) mass is 743 g/mol. The van der Waals surface area contributed by atoms with E-state index < -0.39 is 17.5 Å². The highest BCUT2D eigenvalue weighted by atomic mass is 35.5. The van der Waals surface area contributed by atoms with Gasteiger partial charge in [-0.3, -0.25) is 0 Å². The van der Waals surface area contributed by atoms with Gasteiger partial charge in [0, 0.05) is 53.1 Å². The number of methoxy groups -OCH3 is 2. The van der Waals surface area contributed by atoms with E-state index in [1.54, 1.807) is 14.2 Å². The summed E-state index contributed by atoms with van der Waals surface area (Å²) in [5.74, 6) is 1.05. The van der Waals surface area contributed by atoms with Crippen LogP contribution in [0.25, 0.3) is 0 Å². The maximum Gasteiger partial charge on any atom is 0.328 e. The molecule has 10 nitrogen and oxygen atoms in total. The van der Waals surface area contributed by atoms with Crippen LogP contribution >= 0.6 is 11.6 Å². The van der Waals surface area contributed by atoms with Gasteiger partial charge in [-0.15, -0.1) is 0 Å². The molecule has 280 valence electrons. The standard InChI is InChI=1S/C21H26ClNO.C17H16O4.C4H4O4/c1-21(17-7-4-3-5-8-17,18-10-12-19(22)13-11-18)24-16-14-20-9-6-15-23(20)2;1-18-10-4-6-13-15(7-10)20-9-14-12-5-3-11(19-2)8-16(12)21-17(13)14;5-3(6)1-2-4(7)8/h3-5,7-8,10-13,20H,6,9,14-16H2,1-2H3;3-8,14,17H,9H2,1-2H3;1-2H,(H,5,6)(H,7,8). The number of hydrogen-bond donors (Lipinski definition) is 2. The Kier molecular flexibility index (Phi) is 13.4. The fourth-order valence-electron chi connectivity index (χ4n) is 6.81. The lowest BCUT2D eigenvalue weighted by Gasteiger charge is -2.32. The van der Waals surface area contributed by atoms with Crippen LogP contribution < -0.4 is 18.9 Å². The Morgan fingerprint density at radius 1 is 0.868 bits per heavy atom. The second-order valence-electron chi connectivity index (χ2n) is 13.1. The Hall–Kier alpha value is -5.03. The Balaban J connectivity index is 0.000000171. The van der Waals surface area contributed by atoms with Crippen LogP contribution in [0.15, 0.2) is 103 Å². The Morgan fingerprint density at radius 2 is 1.47 bits per heavy atom. The predicted molar refractivity (Wildman–Crippen MR) is 203 cm³/mol. The topological polar surface area (TPSA) is 124 Å². The molecule has 0 aliphatic carbocycles. The van der Waals surface area contributed by atoms with Crippen molar-refractivity contribution in [2.75, 3.05) is 41.0 Å². The Labute approximate surface area is 315 Å². The van der Waals surface area contributed by atoms with Gasteiger partial charge < -0.3 is 38.8 Å². The summed E-state index contributed by atoms with van der Waals surface area (Å²) in [6.07, 6.45) is 4.77. The number of fused-ring (bicyclic) bond motifs is 5. The summed E-state index contributed by atoms with van der Waals surface area (Å²) in [5, 5.41) is 16.4. The SMILES string of the molecule is CN1CCCC1CCOC(C)(c1ccccc1)c1ccc(Cl)cc1.COc1ccc2c(c1)OC1c3ccc(OC)cc3OCC21.O=C(O)C=CC(=O)O. The van der Waals surface area contributed by atoms with E-state index in [0.717, 1.165) is 52.2 Å². The third-order valence-electron chi connectivity index (χ3n) is 9.79. The fraction of sp³-hybridized carbons (Fsp3) is 0.333.